The number of carbonyl (C=O) groups is 2. The van der Waals surface area contributed by atoms with Gasteiger partial charge in [0, 0.05) is 13.0 Å². The molecule has 2 rings (SSSR count). The van der Waals surface area contributed by atoms with Gasteiger partial charge < -0.3 is 19.2 Å². The topological polar surface area (TPSA) is 90.7 Å². The molecular formula is C15H16N2O5. The molecular weight excluding hydrogens is 288 g/mol. The van der Waals surface area contributed by atoms with Crippen LogP contribution in [0.2, 0.25) is 0 Å². The van der Waals surface area contributed by atoms with Gasteiger partial charge in [0.15, 0.2) is 12.1 Å². The number of carbonyl (C=O) groups excluding carboxylic acids is 2. The zero-order valence-electron chi connectivity index (χ0n) is 12.1. The summed E-state index contributed by atoms with van der Waals surface area (Å²) in [6.45, 7) is 0.454. The van der Waals surface area contributed by atoms with Crippen LogP contribution in [0.5, 0.6) is 0 Å². The van der Waals surface area contributed by atoms with Gasteiger partial charge in [0.1, 0.15) is 12.4 Å². The van der Waals surface area contributed by atoms with Gasteiger partial charge in [-0.2, -0.15) is 0 Å². The Balaban J connectivity index is 1.73. The Morgan fingerprint density at radius 1 is 1.27 bits per heavy atom. The molecule has 1 amide bonds. The lowest BCUT2D eigenvalue weighted by molar-refractivity contribution is 0.0592. The first-order valence-corrected chi connectivity index (χ1v) is 6.66. The number of aromatic nitrogens is 1. The van der Waals surface area contributed by atoms with E-state index in [-0.39, 0.29) is 18.8 Å². The maximum Gasteiger partial charge on any atom is 0.407 e. The van der Waals surface area contributed by atoms with E-state index >= 15 is 0 Å². The molecule has 22 heavy (non-hydrogen) atoms. The van der Waals surface area contributed by atoms with E-state index in [2.05, 4.69) is 15.0 Å². The second-order valence-corrected chi connectivity index (χ2v) is 4.35. The molecule has 0 radical (unpaired) electrons. The molecule has 7 nitrogen and oxygen atoms in total. The third-order valence-corrected chi connectivity index (χ3v) is 2.85. The van der Waals surface area contributed by atoms with Crippen molar-refractivity contribution in [3.63, 3.8) is 0 Å². The minimum atomic E-state index is -0.574. The van der Waals surface area contributed by atoms with E-state index in [4.69, 9.17) is 9.15 Å². The molecule has 0 saturated carbocycles. The second-order valence-electron chi connectivity index (χ2n) is 4.35. The summed E-state index contributed by atoms with van der Waals surface area (Å²) in [7, 11) is 1.26. The van der Waals surface area contributed by atoms with Crippen molar-refractivity contribution in [1.29, 1.82) is 0 Å². The van der Waals surface area contributed by atoms with E-state index in [1.165, 1.54) is 7.11 Å². The van der Waals surface area contributed by atoms with Gasteiger partial charge in [-0.1, -0.05) is 30.3 Å². The molecule has 0 aliphatic carbocycles. The van der Waals surface area contributed by atoms with Crippen molar-refractivity contribution in [3.8, 4) is 0 Å². The van der Waals surface area contributed by atoms with Crippen LogP contribution in [0, 0.1) is 0 Å². The van der Waals surface area contributed by atoms with Crippen molar-refractivity contribution in [2.45, 2.75) is 13.0 Å². The largest absolute Gasteiger partial charge is 0.464 e. The molecule has 1 heterocycles. The maximum absolute atomic E-state index is 11.5. The molecule has 0 unspecified atom stereocenters. The molecule has 0 atom stereocenters. The van der Waals surface area contributed by atoms with E-state index < -0.39 is 12.1 Å². The molecule has 7 heteroatoms. The zero-order chi connectivity index (χ0) is 15.8. The fraction of sp³-hybridized carbons (Fsp3) is 0.267. The van der Waals surface area contributed by atoms with Crippen LogP contribution in [-0.4, -0.2) is 30.7 Å². The highest BCUT2D eigenvalue weighted by molar-refractivity contribution is 5.88. The number of alkyl carbamates (subject to hydrolysis) is 1. The van der Waals surface area contributed by atoms with Gasteiger partial charge in [-0.3, -0.25) is 0 Å². The third kappa shape index (κ3) is 4.34. The second kappa shape index (κ2) is 7.82. The molecule has 0 aliphatic rings. The van der Waals surface area contributed by atoms with Crippen LogP contribution >= 0.6 is 0 Å². The standard InChI is InChI=1S/C15H16N2O5/c1-20-14(18)13-12(22-10-17-13)7-8-16-15(19)21-9-11-5-3-2-4-6-11/h2-6,10H,7-9H2,1H3,(H,16,19). The Kier molecular flexibility index (Phi) is 5.53. The first-order chi connectivity index (χ1) is 10.7. The van der Waals surface area contributed by atoms with E-state index in [0.717, 1.165) is 12.0 Å². The van der Waals surface area contributed by atoms with Gasteiger partial charge in [0.05, 0.1) is 7.11 Å². The Hall–Kier alpha value is -2.83. The number of nitrogens with zero attached hydrogens (tertiary/aromatic N) is 1. The van der Waals surface area contributed by atoms with Crippen LogP contribution in [0.15, 0.2) is 41.1 Å². The van der Waals surface area contributed by atoms with Crippen molar-refractivity contribution in [2.75, 3.05) is 13.7 Å². The molecule has 1 aromatic carbocycles. The van der Waals surface area contributed by atoms with Gasteiger partial charge in [0.2, 0.25) is 0 Å². The van der Waals surface area contributed by atoms with Crippen molar-refractivity contribution < 1.29 is 23.5 Å². The molecule has 0 fully saturated rings. The average molecular weight is 304 g/mol. The summed E-state index contributed by atoms with van der Waals surface area (Å²) in [5, 5.41) is 2.57. The smallest absolute Gasteiger partial charge is 0.407 e. The maximum atomic E-state index is 11.5. The average Bonchev–Trinajstić information content (AvgIpc) is 3.01. The van der Waals surface area contributed by atoms with Crippen LogP contribution < -0.4 is 5.32 Å². The zero-order valence-corrected chi connectivity index (χ0v) is 12.1. The summed E-state index contributed by atoms with van der Waals surface area (Å²) in [6.07, 6.45) is 0.934. The lowest BCUT2D eigenvalue weighted by atomic mass is 10.2. The van der Waals surface area contributed by atoms with Gasteiger partial charge in [-0.05, 0) is 5.56 Å². The van der Waals surface area contributed by atoms with Gasteiger partial charge in [-0.15, -0.1) is 0 Å². The number of ether oxygens (including phenoxy) is 2. The Labute approximate surface area is 127 Å². The molecule has 2 aromatic rings. The van der Waals surface area contributed by atoms with Crippen LogP contribution in [-0.2, 0) is 22.5 Å². The summed E-state index contributed by atoms with van der Waals surface area (Å²) in [6, 6.07) is 9.36. The molecule has 0 aliphatic heterocycles. The quantitative estimate of drug-likeness (QED) is 0.820. The number of hydrogen-bond donors (Lipinski definition) is 1. The highest BCUT2D eigenvalue weighted by Crippen LogP contribution is 2.08. The number of methoxy groups -OCH3 is 1. The minimum absolute atomic E-state index is 0.113. The van der Waals surface area contributed by atoms with Crippen LogP contribution in [0.25, 0.3) is 0 Å². The number of esters is 1. The molecule has 0 bridgehead atoms. The fourth-order valence-electron chi connectivity index (χ4n) is 1.76. The van der Waals surface area contributed by atoms with E-state index in [1.54, 1.807) is 0 Å². The van der Waals surface area contributed by atoms with E-state index in [1.807, 2.05) is 30.3 Å². The Morgan fingerprint density at radius 3 is 2.77 bits per heavy atom. The molecule has 1 aromatic heterocycles. The predicted octanol–water partition coefficient (Wildman–Crippen LogP) is 1.93. The highest BCUT2D eigenvalue weighted by Gasteiger charge is 2.17. The molecule has 116 valence electrons. The first kappa shape index (κ1) is 15.6. The number of nitrogens with one attached hydrogen (secondary N) is 1. The summed E-state index contributed by atoms with van der Waals surface area (Å²) in [5.74, 6) is -0.217. The lowest BCUT2D eigenvalue weighted by Gasteiger charge is -2.06. The summed E-state index contributed by atoms with van der Waals surface area (Å²) in [5.41, 5.74) is 1.02. The van der Waals surface area contributed by atoms with E-state index in [0.29, 0.717) is 12.2 Å². The number of amides is 1. The first-order valence-electron chi connectivity index (χ1n) is 6.66. The van der Waals surface area contributed by atoms with Crippen molar-refractivity contribution >= 4 is 12.1 Å². The Bertz CT molecular complexity index is 624. The SMILES string of the molecule is COC(=O)c1ncoc1CCNC(=O)OCc1ccccc1. The number of benzene rings is 1. The van der Waals surface area contributed by atoms with Gasteiger partial charge in [0.25, 0.3) is 0 Å². The number of hydrogen-bond acceptors (Lipinski definition) is 6. The van der Waals surface area contributed by atoms with Crippen LogP contribution in [0.4, 0.5) is 4.79 Å². The summed E-state index contributed by atoms with van der Waals surface area (Å²) < 4.78 is 14.7. The monoisotopic (exact) mass is 304 g/mol. The van der Waals surface area contributed by atoms with Crippen molar-refractivity contribution in [3.05, 3.63) is 53.7 Å². The number of rotatable bonds is 6. The van der Waals surface area contributed by atoms with Gasteiger partial charge in [-0.25, -0.2) is 14.6 Å². The van der Waals surface area contributed by atoms with E-state index in [9.17, 15) is 9.59 Å². The fourth-order valence-corrected chi connectivity index (χ4v) is 1.76. The summed E-state index contributed by atoms with van der Waals surface area (Å²) in [4.78, 5) is 26.7. The molecule has 0 saturated heterocycles. The predicted molar refractivity (Wildman–Crippen MR) is 76.2 cm³/mol. The minimum Gasteiger partial charge on any atom is -0.464 e. The van der Waals surface area contributed by atoms with Crippen LogP contribution in [0.3, 0.4) is 0 Å². The van der Waals surface area contributed by atoms with Crippen molar-refractivity contribution in [1.82, 2.24) is 10.3 Å². The molecule has 1 N–H and O–H groups in total. The third-order valence-electron chi connectivity index (χ3n) is 2.85. The lowest BCUT2D eigenvalue weighted by Crippen LogP contribution is -2.26. The van der Waals surface area contributed by atoms with Crippen molar-refractivity contribution in [2.24, 2.45) is 0 Å². The Morgan fingerprint density at radius 2 is 2.05 bits per heavy atom. The number of oxazole rings is 1. The normalized spacial score (nSPS) is 10.0. The highest BCUT2D eigenvalue weighted by atomic mass is 16.5. The van der Waals surface area contributed by atoms with Gasteiger partial charge >= 0.3 is 12.1 Å². The molecule has 0 spiro atoms. The van der Waals surface area contributed by atoms with Crippen LogP contribution in [0.1, 0.15) is 21.8 Å². The summed E-state index contributed by atoms with van der Waals surface area (Å²) >= 11 is 0.